The zero-order valence-electron chi connectivity index (χ0n) is 13.2. The van der Waals surface area contributed by atoms with Gasteiger partial charge in [-0.25, -0.2) is 12.7 Å². The van der Waals surface area contributed by atoms with E-state index in [1.54, 1.807) is 0 Å². The quantitative estimate of drug-likeness (QED) is 0.732. The monoisotopic (exact) mass is 353 g/mol. The molecule has 130 valence electrons. The van der Waals surface area contributed by atoms with Gasteiger partial charge in [0, 0.05) is 26.1 Å². The SMILES string of the molecule is CC(CC(=O)NCCN1CCCS1(=O)=O)C1CCCNC1.Cl. The molecule has 0 aliphatic carbocycles. The number of nitrogens with zero attached hydrogens (tertiary/aromatic N) is 1. The number of carbonyl (C=O) groups excluding carboxylic acids is 1. The van der Waals surface area contributed by atoms with Gasteiger partial charge in [0.1, 0.15) is 0 Å². The summed E-state index contributed by atoms with van der Waals surface area (Å²) in [6.45, 7) is 5.60. The van der Waals surface area contributed by atoms with Crippen LogP contribution in [0.15, 0.2) is 0 Å². The van der Waals surface area contributed by atoms with Crippen molar-refractivity contribution in [3.05, 3.63) is 0 Å². The minimum atomic E-state index is -3.05. The molecule has 0 aromatic carbocycles. The smallest absolute Gasteiger partial charge is 0.220 e. The van der Waals surface area contributed by atoms with Crippen LogP contribution < -0.4 is 10.6 Å². The third-order valence-corrected chi connectivity index (χ3v) is 6.49. The third kappa shape index (κ3) is 5.68. The molecule has 0 bridgehead atoms. The molecule has 8 heteroatoms. The van der Waals surface area contributed by atoms with Gasteiger partial charge < -0.3 is 10.6 Å². The normalized spacial score (nSPS) is 26.1. The largest absolute Gasteiger partial charge is 0.355 e. The van der Waals surface area contributed by atoms with Crippen LogP contribution in [0, 0.1) is 11.8 Å². The maximum atomic E-state index is 11.9. The van der Waals surface area contributed by atoms with Crippen LogP contribution in [0.4, 0.5) is 0 Å². The molecule has 2 atom stereocenters. The highest BCUT2D eigenvalue weighted by Gasteiger charge is 2.27. The van der Waals surface area contributed by atoms with Crippen molar-refractivity contribution in [1.82, 2.24) is 14.9 Å². The maximum Gasteiger partial charge on any atom is 0.220 e. The Bertz CT molecular complexity index is 452. The molecule has 0 saturated carbocycles. The summed E-state index contributed by atoms with van der Waals surface area (Å²) in [5.74, 6) is 1.22. The standard InChI is InChI=1S/C14H27N3O3S.ClH/c1-12(13-4-2-5-15-11-13)10-14(18)16-6-8-17-7-3-9-21(17,19)20;/h12-13,15H,2-11H2,1H3,(H,16,18);1H. The summed E-state index contributed by atoms with van der Waals surface area (Å²) in [4.78, 5) is 11.9. The Labute approximate surface area is 139 Å². The summed E-state index contributed by atoms with van der Waals surface area (Å²) in [5, 5.41) is 6.23. The van der Waals surface area contributed by atoms with Crippen LogP contribution in [0.25, 0.3) is 0 Å². The Balaban J connectivity index is 0.00000242. The van der Waals surface area contributed by atoms with Crippen molar-refractivity contribution >= 4 is 28.3 Å². The summed E-state index contributed by atoms with van der Waals surface area (Å²) < 4.78 is 24.7. The number of nitrogens with one attached hydrogen (secondary N) is 2. The fraction of sp³-hybridized carbons (Fsp3) is 0.929. The first-order valence-electron chi connectivity index (χ1n) is 7.94. The van der Waals surface area contributed by atoms with E-state index in [9.17, 15) is 13.2 Å². The average Bonchev–Trinajstić information content (AvgIpc) is 2.79. The van der Waals surface area contributed by atoms with E-state index in [0.29, 0.717) is 44.3 Å². The highest BCUT2D eigenvalue weighted by atomic mass is 35.5. The average molecular weight is 354 g/mol. The molecular formula is C14H28ClN3O3S. The van der Waals surface area contributed by atoms with Gasteiger partial charge >= 0.3 is 0 Å². The van der Waals surface area contributed by atoms with Gasteiger partial charge in [0.2, 0.25) is 15.9 Å². The molecule has 1 amide bonds. The second-order valence-corrected chi connectivity index (χ2v) is 8.29. The Morgan fingerprint density at radius 1 is 1.41 bits per heavy atom. The molecule has 2 heterocycles. The number of sulfonamides is 1. The molecule has 2 aliphatic rings. The van der Waals surface area contributed by atoms with Crippen LogP contribution in [0.5, 0.6) is 0 Å². The van der Waals surface area contributed by atoms with Crippen molar-refractivity contribution in [2.45, 2.75) is 32.6 Å². The van der Waals surface area contributed by atoms with Crippen molar-refractivity contribution < 1.29 is 13.2 Å². The Kier molecular flexibility index (Phi) is 8.10. The van der Waals surface area contributed by atoms with Crippen LogP contribution in [0.3, 0.4) is 0 Å². The van der Waals surface area contributed by atoms with E-state index in [0.717, 1.165) is 13.1 Å². The first kappa shape index (κ1) is 19.7. The van der Waals surface area contributed by atoms with Crippen molar-refractivity contribution in [2.75, 3.05) is 38.5 Å². The molecule has 6 nitrogen and oxygen atoms in total. The molecular weight excluding hydrogens is 326 g/mol. The number of hydrogen-bond donors (Lipinski definition) is 2. The van der Waals surface area contributed by atoms with Crippen LogP contribution in [0.1, 0.15) is 32.6 Å². The predicted octanol–water partition coefficient (Wildman–Crippen LogP) is 0.586. The van der Waals surface area contributed by atoms with E-state index >= 15 is 0 Å². The predicted molar refractivity (Wildman–Crippen MR) is 89.6 cm³/mol. The first-order chi connectivity index (χ1) is 9.99. The van der Waals surface area contributed by atoms with Gasteiger partial charge in [0.25, 0.3) is 0 Å². The molecule has 0 spiro atoms. The van der Waals surface area contributed by atoms with E-state index < -0.39 is 10.0 Å². The van der Waals surface area contributed by atoms with Crippen LogP contribution in [-0.4, -0.2) is 57.1 Å². The van der Waals surface area contributed by atoms with Crippen molar-refractivity contribution in [1.29, 1.82) is 0 Å². The van der Waals surface area contributed by atoms with E-state index in [1.165, 1.54) is 17.1 Å². The number of rotatable bonds is 6. The fourth-order valence-electron chi connectivity index (χ4n) is 3.16. The third-order valence-electron chi connectivity index (χ3n) is 4.53. The molecule has 2 unspecified atom stereocenters. The van der Waals surface area contributed by atoms with Gasteiger partial charge in [0.15, 0.2) is 0 Å². The summed E-state index contributed by atoms with van der Waals surface area (Å²) in [5.41, 5.74) is 0. The zero-order chi connectivity index (χ0) is 15.3. The molecule has 2 saturated heterocycles. The maximum absolute atomic E-state index is 11.9. The van der Waals surface area contributed by atoms with Gasteiger partial charge in [-0.05, 0) is 44.2 Å². The Morgan fingerprint density at radius 3 is 2.77 bits per heavy atom. The molecule has 2 N–H and O–H groups in total. The lowest BCUT2D eigenvalue weighted by Crippen LogP contribution is -2.38. The van der Waals surface area contributed by atoms with Gasteiger partial charge in [-0.3, -0.25) is 4.79 Å². The van der Waals surface area contributed by atoms with Gasteiger partial charge in [-0.2, -0.15) is 0 Å². The second kappa shape index (κ2) is 9.05. The molecule has 0 aromatic rings. The number of hydrogen-bond acceptors (Lipinski definition) is 4. The number of halogens is 1. The van der Waals surface area contributed by atoms with Crippen molar-refractivity contribution in [3.63, 3.8) is 0 Å². The van der Waals surface area contributed by atoms with Crippen LogP contribution >= 0.6 is 12.4 Å². The number of amides is 1. The summed E-state index contributed by atoms with van der Waals surface area (Å²) >= 11 is 0. The van der Waals surface area contributed by atoms with Gasteiger partial charge in [-0.1, -0.05) is 6.92 Å². The van der Waals surface area contributed by atoms with E-state index in [4.69, 9.17) is 0 Å². The van der Waals surface area contributed by atoms with E-state index in [-0.39, 0.29) is 24.1 Å². The number of piperidine rings is 1. The summed E-state index contributed by atoms with van der Waals surface area (Å²) in [6.07, 6.45) is 3.60. The molecule has 2 aliphatic heterocycles. The molecule has 2 rings (SSSR count). The fourth-order valence-corrected chi connectivity index (χ4v) is 4.69. The zero-order valence-corrected chi connectivity index (χ0v) is 14.8. The molecule has 0 aromatic heterocycles. The Hall–Kier alpha value is -0.370. The van der Waals surface area contributed by atoms with Crippen molar-refractivity contribution in [2.24, 2.45) is 11.8 Å². The van der Waals surface area contributed by atoms with E-state index in [2.05, 4.69) is 17.6 Å². The molecule has 0 radical (unpaired) electrons. The lowest BCUT2D eigenvalue weighted by molar-refractivity contribution is -0.122. The van der Waals surface area contributed by atoms with E-state index in [1.807, 2.05) is 0 Å². The lowest BCUT2D eigenvalue weighted by atomic mass is 9.85. The van der Waals surface area contributed by atoms with Gasteiger partial charge in [0.05, 0.1) is 5.75 Å². The minimum Gasteiger partial charge on any atom is -0.355 e. The molecule has 22 heavy (non-hydrogen) atoms. The summed E-state index contributed by atoms with van der Waals surface area (Å²) in [7, 11) is -3.05. The highest BCUT2D eigenvalue weighted by molar-refractivity contribution is 7.89. The topological polar surface area (TPSA) is 78.5 Å². The van der Waals surface area contributed by atoms with Crippen LogP contribution in [0.2, 0.25) is 0 Å². The first-order valence-corrected chi connectivity index (χ1v) is 9.55. The molecule has 2 fully saturated rings. The summed E-state index contributed by atoms with van der Waals surface area (Å²) in [6, 6.07) is 0. The lowest BCUT2D eigenvalue weighted by Gasteiger charge is -2.28. The van der Waals surface area contributed by atoms with Gasteiger partial charge in [-0.15, -0.1) is 12.4 Å². The van der Waals surface area contributed by atoms with Crippen molar-refractivity contribution in [3.8, 4) is 0 Å². The van der Waals surface area contributed by atoms with Crippen LogP contribution in [-0.2, 0) is 14.8 Å². The minimum absolute atomic E-state index is 0. The number of carbonyl (C=O) groups is 1. The highest BCUT2D eigenvalue weighted by Crippen LogP contribution is 2.22. The Morgan fingerprint density at radius 2 is 2.18 bits per heavy atom. The second-order valence-electron chi connectivity index (χ2n) is 6.21.